The van der Waals surface area contributed by atoms with Gasteiger partial charge in [0, 0.05) is 18.0 Å². The van der Waals surface area contributed by atoms with Gasteiger partial charge in [-0.05, 0) is 6.07 Å². The number of hydrogen-bond donors (Lipinski definition) is 0. The summed E-state index contributed by atoms with van der Waals surface area (Å²) in [5.41, 5.74) is 1.80. The molecule has 0 fully saturated rings. The topological polar surface area (TPSA) is 42.9 Å². The second-order valence-corrected chi connectivity index (χ2v) is 3.47. The van der Waals surface area contributed by atoms with Gasteiger partial charge < -0.3 is 0 Å². The maximum Gasteiger partial charge on any atom is 0.206 e. The number of thiazole rings is 1. The molecule has 0 saturated heterocycles. The van der Waals surface area contributed by atoms with Crippen LogP contribution < -0.4 is 0 Å². The first kappa shape index (κ1) is 8.96. The van der Waals surface area contributed by atoms with Crippen molar-refractivity contribution in [3.05, 3.63) is 46.4 Å². The van der Waals surface area contributed by atoms with Crippen LogP contribution in [0.1, 0.15) is 15.2 Å². The van der Waals surface area contributed by atoms with Crippen LogP contribution in [0.2, 0.25) is 0 Å². The van der Waals surface area contributed by atoms with Crippen LogP contribution in [0.15, 0.2) is 30.2 Å². The third-order valence-electron chi connectivity index (χ3n) is 1.62. The van der Waals surface area contributed by atoms with Crippen LogP contribution in [-0.4, -0.2) is 15.8 Å². The zero-order chi connectivity index (χ0) is 9.97. The van der Waals surface area contributed by atoms with Gasteiger partial charge in [-0.15, -0.1) is 11.3 Å². The Bertz CT molecular complexity index is 456. The molecule has 2 aromatic heterocycles. The van der Waals surface area contributed by atoms with E-state index in [1.54, 1.807) is 5.51 Å². The Balaban J connectivity index is 2.37. The quantitative estimate of drug-likeness (QED) is 0.708. The average molecular weight is 208 g/mol. The number of aromatic nitrogens is 2. The van der Waals surface area contributed by atoms with E-state index in [0.717, 1.165) is 12.3 Å². The number of carbonyl (C=O) groups excluding carboxylic acids is 1. The minimum atomic E-state index is -0.514. The summed E-state index contributed by atoms with van der Waals surface area (Å²) < 4.78 is 12.7. The van der Waals surface area contributed by atoms with Crippen LogP contribution in [0.5, 0.6) is 0 Å². The van der Waals surface area contributed by atoms with Crippen molar-refractivity contribution in [2.45, 2.75) is 0 Å². The first-order chi connectivity index (χ1) is 6.77. The molecule has 14 heavy (non-hydrogen) atoms. The highest BCUT2D eigenvalue weighted by atomic mass is 32.1. The van der Waals surface area contributed by atoms with Gasteiger partial charge in [0.1, 0.15) is 5.82 Å². The molecular formula is C9H5FN2OS. The van der Waals surface area contributed by atoms with Crippen molar-refractivity contribution in [1.29, 1.82) is 0 Å². The third-order valence-corrected chi connectivity index (χ3v) is 2.40. The van der Waals surface area contributed by atoms with Crippen molar-refractivity contribution in [3.63, 3.8) is 0 Å². The molecule has 0 aliphatic carbocycles. The van der Waals surface area contributed by atoms with Crippen LogP contribution >= 0.6 is 11.3 Å². The Hall–Kier alpha value is -1.62. The van der Waals surface area contributed by atoms with Gasteiger partial charge in [-0.25, -0.2) is 4.39 Å². The molecular weight excluding hydrogens is 203 g/mol. The van der Waals surface area contributed by atoms with Gasteiger partial charge in [0.15, 0.2) is 0 Å². The van der Waals surface area contributed by atoms with Crippen LogP contribution in [0.25, 0.3) is 0 Å². The lowest BCUT2D eigenvalue weighted by Gasteiger charge is -1.95. The van der Waals surface area contributed by atoms with E-state index in [0.29, 0.717) is 4.88 Å². The van der Waals surface area contributed by atoms with Gasteiger partial charge in [0.2, 0.25) is 5.78 Å². The van der Waals surface area contributed by atoms with Crippen molar-refractivity contribution in [1.82, 2.24) is 9.97 Å². The Kier molecular flexibility index (Phi) is 2.32. The summed E-state index contributed by atoms with van der Waals surface area (Å²) in [4.78, 5) is 19.5. The number of carbonyl (C=O) groups is 1. The highest BCUT2D eigenvalue weighted by molar-refractivity contribution is 7.11. The molecule has 70 valence electrons. The molecule has 0 aromatic carbocycles. The predicted molar refractivity (Wildman–Crippen MR) is 49.7 cm³/mol. The van der Waals surface area contributed by atoms with Crippen molar-refractivity contribution in [2.24, 2.45) is 0 Å². The van der Waals surface area contributed by atoms with Gasteiger partial charge in [-0.2, -0.15) is 0 Å². The second kappa shape index (κ2) is 3.63. The summed E-state index contributed by atoms with van der Waals surface area (Å²) in [5.74, 6) is -0.764. The molecule has 0 unspecified atom stereocenters. The summed E-state index contributed by atoms with van der Waals surface area (Å²) >= 11 is 1.22. The SMILES string of the molecule is O=C(c1cncc(F)c1)c1cncs1. The number of halogens is 1. The fourth-order valence-electron chi connectivity index (χ4n) is 1.01. The summed E-state index contributed by atoms with van der Waals surface area (Å²) in [6.07, 6.45) is 3.85. The minimum Gasteiger partial charge on any atom is -0.288 e. The van der Waals surface area contributed by atoms with E-state index in [-0.39, 0.29) is 11.3 Å². The van der Waals surface area contributed by atoms with E-state index in [2.05, 4.69) is 9.97 Å². The normalized spacial score (nSPS) is 10.1. The van der Waals surface area contributed by atoms with Gasteiger partial charge in [-0.1, -0.05) is 0 Å². The minimum absolute atomic E-state index is 0.245. The van der Waals surface area contributed by atoms with Gasteiger partial charge in [0.05, 0.1) is 16.6 Å². The average Bonchev–Trinajstić information content (AvgIpc) is 2.69. The first-order valence-electron chi connectivity index (χ1n) is 3.81. The Labute approximate surface area is 83.3 Å². The molecule has 0 aliphatic rings. The van der Waals surface area contributed by atoms with E-state index < -0.39 is 5.82 Å². The lowest BCUT2D eigenvalue weighted by molar-refractivity contribution is 0.104. The predicted octanol–water partition coefficient (Wildman–Crippen LogP) is 1.91. The van der Waals surface area contributed by atoms with Crippen molar-refractivity contribution in [3.8, 4) is 0 Å². The van der Waals surface area contributed by atoms with Crippen LogP contribution in [0.4, 0.5) is 4.39 Å². The monoisotopic (exact) mass is 208 g/mol. The molecule has 0 atom stereocenters. The molecule has 0 saturated carbocycles. The highest BCUT2D eigenvalue weighted by Crippen LogP contribution is 2.12. The fourth-order valence-corrected chi connectivity index (χ4v) is 1.59. The first-order valence-corrected chi connectivity index (χ1v) is 4.69. The summed E-state index contributed by atoms with van der Waals surface area (Å²) in [7, 11) is 0. The molecule has 2 heterocycles. The van der Waals surface area contributed by atoms with E-state index in [4.69, 9.17) is 0 Å². The van der Waals surface area contributed by atoms with E-state index in [1.807, 2.05) is 0 Å². The van der Waals surface area contributed by atoms with E-state index >= 15 is 0 Å². The molecule has 0 radical (unpaired) electrons. The second-order valence-electron chi connectivity index (χ2n) is 2.59. The third kappa shape index (κ3) is 1.67. The molecule has 2 aromatic rings. The van der Waals surface area contributed by atoms with Crippen molar-refractivity contribution in [2.75, 3.05) is 0 Å². The fraction of sp³-hybridized carbons (Fsp3) is 0. The molecule has 5 heteroatoms. The Morgan fingerprint density at radius 1 is 1.29 bits per heavy atom. The molecule has 0 bridgehead atoms. The summed E-state index contributed by atoms with van der Waals surface area (Å²) in [5, 5.41) is 0. The summed E-state index contributed by atoms with van der Waals surface area (Å²) in [6, 6.07) is 1.16. The lowest BCUT2D eigenvalue weighted by atomic mass is 10.2. The smallest absolute Gasteiger partial charge is 0.206 e. The van der Waals surface area contributed by atoms with Gasteiger partial charge in [0.25, 0.3) is 0 Å². The molecule has 0 spiro atoms. The lowest BCUT2D eigenvalue weighted by Crippen LogP contribution is -1.99. The van der Waals surface area contributed by atoms with Crippen LogP contribution in [0.3, 0.4) is 0 Å². The molecule has 0 aliphatic heterocycles. The van der Waals surface area contributed by atoms with Crippen molar-refractivity contribution >= 4 is 17.1 Å². The van der Waals surface area contributed by atoms with E-state index in [9.17, 15) is 9.18 Å². The number of pyridine rings is 1. The Morgan fingerprint density at radius 3 is 2.79 bits per heavy atom. The van der Waals surface area contributed by atoms with Crippen molar-refractivity contribution < 1.29 is 9.18 Å². The molecule has 0 N–H and O–H groups in total. The number of rotatable bonds is 2. The zero-order valence-electron chi connectivity index (χ0n) is 6.98. The summed E-state index contributed by atoms with van der Waals surface area (Å²) in [6.45, 7) is 0. The number of ketones is 1. The van der Waals surface area contributed by atoms with E-state index in [1.165, 1.54) is 23.7 Å². The molecule has 0 amide bonds. The highest BCUT2D eigenvalue weighted by Gasteiger charge is 2.11. The number of hydrogen-bond acceptors (Lipinski definition) is 4. The maximum absolute atomic E-state index is 12.7. The molecule has 3 nitrogen and oxygen atoms in total. The largest absolute Gasteiger partial charge is 0.288 e. The maximum atomic E-state index is 12.7. The molecule has 2 rings (SSSR count). The zero-order valence-corrected chi connectivity index (χ0v) is 7.79. The van der Waals surface area contributed by atoms with Gasteiger partial charge in [-0.3, -0.25) is 14.8 Å². The standard InChI is InChI=1S/C9H5FN2OS/c10-7-1-6(2-11-3-7)9(13)8-4-12-5-14-8/h1-5H. The van der Waals surface area contributed by atoms with Crippen LogP contribution in [0, 0.1) is 5.82 Å². The Morgan fingerprint density at radius 2 is 2.14 bits per heavy atom. The number of nitrogens with zero attached hydrogens (tertiary/aromatic N) is 2. The van der Waals surface area contributed by atoms with Gasteiger partial charge >= 0.3 is 0 Å². The van der Waals surface area contributed by atoms with Crippen LogP contribution in [-0.2, 0) is 0 Å².